The Morgan fingerprint density at radius 3 is 2.44 bits per heavy atom. The predicted octanol–water partition coefficient (Wildman–Crippen LogP) is 4.38. The summed E-state index contributed by atoms with van der Waals surface area (Å²) in [4.78, 5) is 7.57. The smallest absolute Gasteiger partial charge is 0.133 e. The molecule has 18 heavy (non-hydrogen) atoms. The molecule has 0 spiro atoms. The summed E-state index contributed by atoms with van der Waals surface area (Å²) < 4.78 is 0.680. The van der Waals surface area contributed by atoms with Crippen molar-refractivity contribution in [2.75, 3.05) is 0 Å². The summed E-state index contributed by atoms with van der Waals surface area (Å²) in [6.07, 6.45) is 2.31. The van der Waals surface area contributed by atoms with Gasteiger partial charge in [0, 0.05) is 5.56 Å². The Morgan fingerprint density at radius 1 is 1.17 bits per heavy atom. The number of hydrogen-bond acceptors (Lipinski definition) is 2. The van der Waals surface area contributed by atoms with Crippen molar-refractivity contribution in [1.82, 2.24) is 9.97 Å². The molecule has 0 aliphatic heterocycles. The van der Waals surface area contributed by atoms with Gasteiger partial charge < -0.3 is 4.98 Å². The zero-order chi connectivity index (χ0) is 13.1. The molecule has 2 rings (SSSR count). The molecule has 0 fully saturated rings. The van der Waals surface area contributed by atoms with Gasteiger partial charge in [-0.25, -0.2) is 4.98 Å². The van der Waals surface area contributed by atoms with Crippen LogP contribution in [-0.4, -0.2) is 9.97 Å². The van der Waals surface area contributed by atoms with Crippen LogP contribution in [0.25, 0.3) is 11.3 Å². The van der Waals surface area contributed by atoms with E-state index in [1.165, 1.54) is 17.5 Å². The standard InChI is InChI=1S/C15H18N2S/c1-4-5-12-6-8-13(9-7-12)14-10(2)15(18)17-11(3)16-14/h6-9H,4-5H2,1-3H3,(H,16,17,18). The van der Waals surface area contributed by atoms with Gasteiger partial charge in [0.2, 0.25) is 0 Å². The van der Waals surface area contributed by atoms with E-state index in [4.69, 9.17) is 12.2 Å². The van der Waals surface area contributed by atoms with E-state index in [0.29, 0.717) is 4.64 Å². The first-order valence-corrected chi connectivity index (χ1v) is 6.69. The van der Waals surface area contributed by atoms with Gasteiger partial charge in [-0.2, -0.15) is 0 Å². The fourth-order valence-electron chi connectivity index (χ4n) is 2.06. The Bertz CT molecular complexity index is 597. The number of H-pyrrole nitrogens is 1. The van der Waals surface area contributed by atoms with Crippen molar-refractivity contribution in [3.05, 3.63) is 45.9 Å². The van der Waals surface area contributed by atoms with Gasteiger partial charge in [-0.1, -0.05) is 49.8 Å². The SMILES string of the molecule is CCCc1ccc(-c2[nH]c(C)nc(=S)c2C)cc1. The lowest BCUT2D eigenvalue weighted by Gasteiger charge is -2.08. The molecule has 0 aliphatic rings. The largest absolute Gasteiger partial charge is 0.343 e. The third-order valence-electron chi connectivity index (χ3n) is 3.05. The number of hydrogen-bond donors (Lipinski definition) is 1. The van der Waals surface area contributed by atoms with Crippen LogP contribution in [0.3, 0.4) is 0 Å². The summed E-state index contributed by atoms with van der Waals surface area (Å²) in [7, 11) is 0. The second kappa shape index (κ2) is 5.44. The normalized spacial score (nSPS) is 10.6. The third kappa shape index (κ3) is 2.67. The van der Waals surface area contributed by atoms with Crippen LogP contribution in [0.2, 0.25) is 0 Å². The van der Waals surface area contributed by atoms with Crippen molar-refractivity contribution in [3.8, 4) is 11.3 Å². The first-order chi connectivity index (χ1) is 8.61. The minimum Gasteiger partial charge on any atom is -0.343 e. The highest BCUT2D eigenvalue weighted by molar-refractivity contribution is 7.71. The lowest BCUT2D eigenvalue weighted by atomic mass is 10.0. The molecule has 0 aliphatic carbocycles. The maximum atomic E-state index is 5.26. The molecule has 1 heterocycles. The molecule has 0 bridgehead atoms. The van der Waals surface area contributed by atoms with Gasteiger partial charge >= 0.3 is 0 Å². The van der Waals surface area contributed by atoms with E-state index < -0.39 is 0 Å². The van der Waals surface area contributed by atoms with E-state index in [-0.39, 0.29) is 0 Å². The van der Waals surface area contributed by atoms with Gasteiger partial charge in [-0.05, 0) is 31.4 Å². The van der Waals surface area contributed by atoms with Crippen LogP contribution < -0.4 is 0 Å². The minimum absolute atomic E-state index is 0.680. The number of benzene rings is 1. The van der Waals surface area contributed by atoms with E-state index in [1.807, 2.05) is 13.8 Å². The molecule has 0 atom stereocenters. The first kappa shape index (κ1) is 13.0. The molecule has 0 saturated heterocycles. The maximum Gasteiger partial charge on any atom is 0.133 e. The van der Waals surface area contributed by atoms with Crippen LogP contribution in [0.5, 0.6) is 0 Å². The number of aromatic amines is 1. The van der Waals surface area contributed by atoms with E-state index in [1.54, 1.807) is 0 Å². The summed E-state index contributed by atoms with van der Waals surface area (Å²) in [5.74, 6) is 0.859. The van der Waals surface area contributed by atoms with Crippen molar-refractivity contribution >= 4 is 12.2 Å². The molecule has 1 aromatic carbocycles. The first-order valence-electron chi connectivity index (χ1n) is 6.28. The van der Waals surface area contributed by atoms with E-state index in [9.17, 15) is 0 Å². The Morgan fingerprint density at radius 2 is 1.83 bits per heavy atom. The lowest BCUT2D eigenvalue weighted by Crippen LogP contribution is -1.96. The maximum absolute atomic E-state index is 5.26. The summed E-state index contributed by atoms with van der Waals surface area (Å²) in [5.41, 5.74) is 4.67. The molecular weight excluding hydrogens is 240 g/mol. The van der Waals surface area contributed by atoms with E-state index in [2.05, 4.69) is 41.2 Å². The highest BCUT2D eigenvalue weighted by atomic mass is 32.1. The molecule has 1 N–H and O–H groups in total. The average Bonchev–Trinajstić information content (AvgIpc) is 2.35. The molecule has 3 heteroatoms. The second-order valence-electron chi connectivity index (χ2n) is 4.57. The Hall–Kier alpha value is -1.48. The lowest BCUT2D eigenvalue weighted by molar-refractivity contribution is 0.922. The number of aromatic nitrogens is 2. The van der Waals surface area contributed by atoms with Gasteiger partial charge in [0.1, 0.15) is 10.5 Å². The molecule has 0 unspecified atom stereocenters. The zero-order valence-corrected chi connectivity index (χ0v) is 11.9. The Balaban J connectivity index is 2.45. The predicted molar refractivity (Wildman–Crippen MR) is 78.3 cm³/mol. The Labute approximate surface area is 113 Å². The molecule has 0 radical (unpaired) electrons. The fraction of sp³-hybridized carbons (Fsp3) is 0.333. The molecule has 0 amide bonds. The zero-order valence-electron chi connectivity index (χ0n) is 11.1. The quantitative estimate of drug-likeness (QED) is 0.828. The summed E-state index contributed by atoms with van der Waals surface area (Å²) >= 11 is 5.26. The van der Waals surface area contributed by atoms with Crippen molar-refractivity contribution in [3.63, 3.8) is 0 Å². The summed E-state index contributed by atoms with van der Waals surface area (Å²) in [5, 5.41) is 0. The van der Waals surface area contributed by atoms with Crippen LogP contribution in [-0.2, 0) is 6.42 Å². The average molecular weight is 258 g/mol. The number of rotatable bonds is 3. The molecule has 94 valence electrons. The van der Waals surface area contributed by atoms with Crippen molar-refractivity contribution in [2.45, 2.75) is 33.6 Å². The van der Waals surface area contributed by atoms with Gasteiger partial charge in [0.05, 0.1) is 5.69 Å². The minimum atomic E-state index is 0.680. The van der Waals surface area contributed by atoms with Crippen LogP contribution in [0.4, 0.5) is 0 Å². The van der Waals surface area contributed by atoms with Crippen LogP contribution in [0.1, 0.15) is 30.3 Å². The molecule has 0 saturated carbocycles. The molecule has 2 aromatic rings. The third-order valence-corrected chi connectivity index (χ3v) is 3.45. The molecule has 1 aromatic heterocycles. The summed E-state index contributed by atoms with van der Waals surface area (Å²) in [6, 6.07) is 8.67. The Kier molecular flexibility index (Phi) is 3.92. The van der Waals surface area contributed by atoms with Crippen LogP contribution in [0.15, 0.2) is 24.3 Å². The monoisotopic (exact) mass is 258 g/mol. The van der Waals surface area contributed by atoms with E-state index in [0.717, 1.165) is 23.5 Å². The van der Waals surface area contributed by atoms with Crippen molar-refractivity contribution in [2.24, 2.45) is 0 Å². The fourth-order valence-corrected chi connectivity index (χ4v) is 2.30. The number of aryl methyl sites for hydroxylation is 2. The second-order valence-corrected chi connectivity index (χ2v) is 4.96. The van der Waals surface area contributed by atoms with Crippen LogP contribution >= 0.6 is 12.2 Å². The topological polar surface area (TPSA) is 28.7 Å². The summed E-state index contributed by atoms with van der Waals surface area (Å²) in [6.45, 7) is 6.15. The highest BCUT2D eigenvalue weighted by Gasteiger charge is 2.05. The van der Waals surface area contributed by atoms with Gasteiger partial charge in [0.15, 0.2) is 0 Å². The van der Waals surface area contributed by atoms with E-state index >= 15 is 0 Å². The van der Waals surface area contributed by atoms with Gasteiger partial charge in [-0.15, -0.1) is 0 Å². The molecule has 2 nitrogen and oxygen atoms in total. The van der Waals surface area contributed by atoms with Crippen molar-refractivity contribution in [1.29, 1.82) is 0 Å². The highest BCUT2D eigenvalue weighted by Crippen LogP contribution is 2.22. The van der Waals surface area contributed by atoms with Gasteiger partial charge in [0.25, 0.3) is 0 Å². The van der Waals surface area contributed by atoms with Gasteiger partial charge in [-0.3, -0.25) is 0 Å². The number of nitrogens with zero attached hydrogens (tertiary/aromatic N) is 1. The molecular formula is C15H18N2S. The van der Waals surface area contributed by atoms with Crippen molar-refractivity contribution < 1.29 is 0 Å². The number of nitrogens with one attached hydrogen (secondary N) is 1. The van der Waals surface area contributed by atoms with Crippen LogP contribution in [0, 0.1) is 18.5 Å².